The number of unbranched alkanes of at least 4 members (excludes halogenated alkanes) is 2. The van der Waals surface area contributed by atoms with E-state index in [0.717, 1.165) is 13.1 Å². The van der Waals surface area contributed by atoms with Gasteiger partial charge >= 0.3 is 6.01 Å². The van der Waals surface area contributed by atoms with Crippen LogP contribution in [0.4, 0.5) is 6.01 Å². The highest BCUT2D eigenvalue weighted by Crippen LogP contribution is 2.20. The van der Waals surface area contributed by atoms with Gasteiger partial charge < -0.3 is 10.2 Å². The summed E-state index contributed by atoms with van der Waals surface area (Å²) in [5.41, 5.74) is 5.46. The van der Waals surface area contributed by atoms with Gasteiger partial charge in [-0.25, -0.2) is 0 Å². The Morgan fingerprint density at radius 1 is 1.18 bits per heavy atom. The van der Waals surface area contributed by atoms with E-state index in [1.807, 2.05) is 0 Å². The summed E-state index contributed by atoms with van der Waals surface area (Å²) in [6, 6.07) is 0.302. The minimum atomic E-state index is 0.151. The zero-order valence-corrected chi connectivity index (χ0v) is 11.1. The molecule has 98 valence electrons. The highest BCUT2D eigenvalue weighted by atomic mass is 16.4. The molecule has 2 N–H and O–H groups in total. The smallest absolute Gasteiger partial charge is 0.312 e. The van der Waals surface area contributed by atoms with Crippen LogP contribution in [0.2, 0.25) is 0 Å². The van der Waals surface area contributed by atoms with Crippen LogP contribution in [0.5, 0.6) is 0 Å². The van der Waals surface area contributed by atoms with E-state index >= 15 is 0 Å². The van der Waals surface area contributed by atoms with Gasteiger partial charge in [-0.1, -0.05) is 31.8 Å². The number of aromatic nitrogens is 2. The first-order valence-corrected chi connectivity index (χ1v) is 6.52. The first kappa shape index (κ1) is 14.0. The molecule has 0 saturated carbocycles. The second kappa shape index (κ2) is 7.27. The molecule has 1 aromatic rings. The van der Waals surface area contributed by atoms with Crippen molar-refractivity contribution in [3.8, 4) is 0 Å². The third kappa shape index (κ3) is 4.34. The molecule has 0 saturated heterocycles. The third-order valence-electron chi connectivity index (χ3n) is 2.96. The summed E-state index contributed by atoms with van der Waals surface area (Å²) in [4.78, 5) is 2.39. The third-order valence-corrected chi connectivity index (χ3v) is 2.96. The van der Waals surface area contributed by atoms with Crippen molar-refractivity contribution in [1.82, 2.24) is 15.1 Å². The number of nitrogens with zero attached hydrogens (tertiary/aromatic N) is 3. The van der Waals surface area contributed by atoms with Gasteiger partial charge in [-0.15, -0.1) is 5.10 Å². The molecule has 1 rings (SSSR count). The maximum atomic E-state index is 5.46. The Hall–Kier alpha value is -1.10. The molecule has 0 aliphatic heterocycles. The van der Waals surface area contributed by atoms with Gasteiger partial charge in [0.1, 0.15) is 0 Å². The van der Waals surface area contributed by atoms with Crippen molar-refractivity contribution < 1.29 is 4.42 Å². The van der Waals surface area contributed by atoms with E-state index in [1.54, 1.807) is 0 Å². The van der Waals surface area contributed by atoms with Crippen molar-refractivity contribution in [3.05, 3.63) is 5.89 Å². The Bertz CT molecular complexity index is 305. The van der Waals surface area contributed by atoms with E-state index < -0.39 is 0 Å². The van der Waals surface area contributed by atoms with E-state index in [-0.39, 0.29) is 12.1 Å². The molecule has 17 heavy (non-hydrogen) atoms. The predicted molar refractivity (Wildman–Crippen MR) is 68.5 cm³/mol. The summed E-state index contributed by atoms with van der Waals surface area (Å²) in [5.74, 6) is 0.620. The lowest BCUT2D eigenvalue weighted by molar-refractivity contribution is 0.178. The lowest BCUT2D eigenvalue weighted by Crippen LogP contribution is -2.29. The van der Waals surface area contributed by atoms with Crippen LogP contribution >= 0.6 is 0 Å². The van der Waals surface area contributed by atoms with Crippen LogP contribution in [0.1, 0.15) is 58.4 Å². The van der Waals surface area contributed by atoms with Crippen molar-refractivity contribution in [2.75, 3.05) is 18.8 Å². The molecule has 1 atom stereocenters. The molecule has 0 aromatic carbocycles. The van der Waals surface area contributed by atoms with Crippen molar-refractivity contribution in [2.24, 2.45) is 0 Å². The van der Waals surface area contributed by atoms with Crippen LogP contribution in [0, 0.1) is 0 Å². The van der Waals surface area contributed by atoms with Crippen LogP contribution in [-0.2, 0) is 0 Å². The Labute approximate surface area is 103 Å². The Balaban J connectivity index is 2.60. The largest absolute Gasteiger partial charge is 0.407 e. The molecule has 0 fully saturated rings. The quantitative estimate of drug-likeness (QED) is 0.756. The maximum absolute atomic E-state index is 5.46. The lowest BCUT2D eigenvalue weighted by Gasteiger charge is -2.26. The second-order valence-electron chi connectivity index (χ2n) is 4.40. The molecular formula is C12H24N4O. The Morgan fingerprint density at radius 3 is 2.18 bits per heavy atom. The van der Waals surface area contributed by atoms with Gasteiger partial charge in [-0.2, -0.15) is 0 Å². The standard InChI is InChI=1S/C12H24N4O/c1-4-6-8-16(9-7-5-2)10(3)11-14-15-12(13)17-11/h10H,4-9H2,1-3H3,(H2,13,15). The van der Waals surface area contributed by atoms with Crippen molar-refractivity contribution >= 4 is 6.01 Å². The van der Waals surface area contributed by atoms with E-state index in [2.05, 4.69) is 35.9 Å². The van der Waals surface area contributed by atoms with E-state index in [9.17, 15) is 0 Å². The number of nitrogen functional groups attached to an aromatic ring is 1. The fraction of sp³-hybridized carbons (Fsp3) is 0.833. The SMILES string of the molecule is CCCCN(CCCC)C(C)c1nnc(N)o1. The lowest BCUT2D eigenvalue weighted by atomic mass is 10.2. The number of hydrogen-bond donors (Lipinski definition) is 1. The van der Waals surface area contributed by atoms with E-state index in [0.29, 0.717) is 5.89 Å². The molecule has 1 aromatic heterocycles. The predicted octanol–water partition coefficient (Wildman–Crippen LogP) is 2.62. The van der Waals surface area contributed by atoms with Crippen LogP contribution < -0.4 is 5.73 Å². The van der Waals surface area contributed by atoms with Gasteiger partial charge in [-0.3, -0.25) is 4.90 Å². The molecule has 1 unspecified atom stereocenters. The fourth-order valence-corrected chi connectivity index (χ4v) is 1.79. The molecule has 1 heterocycles. The van der Waals surface area contributed by atoms with Crippen LogP contribution in [0.15, 0.2) is 4.42 Å². The van der Waals surface area contributed by atoms with Crippen molar-refractivity contribution in [2.45, 2.75) is 52.5 Å². The highest BCUT2D eigenvalue weighted by molar-refractivity contribution is 5.06. The number of anilines is 1. The monoisotopic (exact) mass is 240 g/mol. The molecular weight excluding hydrogens is 216 g/mol. The number of nitrogens with two attached hydrogens (primary N) is 1. The van der Waals surface area contributed by atoms with Gasteiger partial charge in [-0.05, 0) is 32.9 Å². The van der Waals surface area contributed by atoms with Gasteiger partial charge in [0.25, 0.3) is 0 Å². The van der Waals surface area contributed by atoms with E-state index in [4.69, 9.17) is 10.2 Å². The summed E-state index contributed by atoms with van der Waals surface area (Å²) in [6.07, 6.45) is 4.78. The Kier molecular flexibility index (Phi) is 5.97. The number of hydrogen-bond acceptors (Lipinski definition) is 5. The van der Waals surface area contributed by atoms with Crippen LogP contribution in [-0.4, -0.2) is 28.2 Å². The molecule has 0 radical (unpaired) electrons. The summed E-state index contributed by atoms with van der Waals surface area (Å²) < 4.78 is 5.30. The molecule has 0 amide bonds. The molecule has 5 nitrogen and oxygen atoms in total. The zero-order valence-electron chi connectivity index (χ0n) is 11.1. The summed E-state index contributed by atoms with van der Waals surface area (Å²) >= 11 is 0. The molecule has 0 bridgehead atoms. The first-order chi connectivity index (χ1) is 8.19. The van der Waals surface area contributed by atoms with Gasteiger partial charge in [0.05, 0.1) is 6.04 Å². The molecule has 0 spiro atoms. The van der Waals surface area contributed by atoms with Crippen LogP contribution in [0.25, 0.3) is 0 Å². The average molecular weight is 240 g/mol. The van der Waals surface area contributed by atoms with Crippen molar-refractivity contribution in [3.63, 3.8) is 0 Å². The van der Waals surface area contributed by atoms with Crippen LogP contribution in [0.3, 0.4) is 0 Å². The summed E-state index contributed by atoms with van der Waals surface area (Å²) in [6.45, 7) is 8.64. The molecule has 0 aliphatic rings. The normalized spacial score (nSPS) is 13.2. The minimum Gasteiger partial charge on any atom is -0.407 e. The van der Waals surface area contributed by atoms with Gasteiger partial charge in [0, 0.05) is 0 Å². The fourth-order valence-electron chi connectivity index (χ4n) is 1.79. The molecule has 0 aliphatic carbocycles. The van der Waals surface area contributed by atoms with Gasteiger partial charge in [0.2, 0.25) is 5.89 Å². The maximum Gasteiger partial charge on any atom is 0.312 e. The second-order valence-corrected chi connectivity index (χ2v) is 4.40. The molecule has 5 heteroatoms. The average Bonchev–Trinajstić information content (AvgIpc) is 2.75. The summed E-state index contributed by atoms with van der Waals surface area (Å²) in [5, 5.41) is 7.68. The van der Waals surface area contributed by atoms with E-state index in [1.165, 1.54) is 25.7 Å². The van der Waals surface area contributed by atoms with Crippen molar-refractivity contribution in [1.29, 1.82) is 0 Å². The highest BCUT2D eigenvalue weighted by Gasteiger charge is 2.20. The first-order valence-electron chi connectivity index (χ1n) is 6.52. The minimum absolute atomic E-state index is 0.151. The summed E-state index contributed by atoms with van der Waals surface area (Å²) in [7, 11) is 0. The number of rotatable bonds is 8. The topological polar surface area (TPSA) is 68.2 Å². The van der Waals surface area contributed by atoms with Gasteiger partial charge in [0.15, 0.2) is 0 Å². The zero-order chi connectivity index (χ0) is 12.7. The Morgan fingerprint density at radius 2 is 1.76 bits per heavy atom.